The molecule has 0 aromatic heterocycles. The Bertz CT molecular complexity index is 731. The lowest BCUT2D eigenvalue weighted by molar-refractivity contribution is -0.0400. The minimum atomic E-state index is 0.158. The first-order chi connectivity index (χ1) is 11.7. The molecular formula is C19H20N2O3. The van der Waals surface area contributed by atoms with Crippen molar-refractivity contribution in [3.05, 3.63) is 48.0 Å². The molecule has 2 aromatic rings. The molecule has 0 aliphatic carbocycles. The summed E-state index contributed by atoms with van der Waals surface area (Å²) in [5.74, 6) is 1.55. The number of nitriles is 1. The second-order valence-corrected chi connectivity index (χ2v) is 5.70. The van der Waals surface area contributed by atoms with Crippen LogP contribution in [-0.2, 0) is 11.3 Å². The Morgan fingerprint density at radius 1 is 1.08 bits per heavy atom. The molecule has 5 heteroatoms. The number of rotatable bonds is 6. The van der Waals surface area contributed by atoms with E-state index in [1.807, 2.05) is 18.2 Å². The molecule has 0 radical (unpaired) electrons. The number of hydrogen-bond acceptors (Lipinski definition) is 5. The standard InChI is InChI=1S/C19H20N2O3/c1-22-16-7-8-18(19(9-16)23-2)15-5-3-14(4-6-15)12-24-17-10-21(11-17)13-20/h3-9,17H,10-12H2,1-2H3. The fourth-order valence-electron chi connectivity index (χ4n) is 2.66. The summed E-state index contributed by atoms with van der Waals surface area (Å²) in [4.78, 5) is 1.68. The van der Waals surface area contributed by atoms with Gasteiger partial charge in [0.2, 0.25) is 0 Å². The zero-order valence-corrected chi connectivity index (χ0v) is 13.9. The van der Waals surface area contributed by atoms with Crippen LogP contribution in [-0.4, -0.2) is 38.3 Å². The van der Waals surface area contributed by atoms with Gasteiger partial charge in [0.1, 0.15) is 11.5 Å². The number of methoxy groups -OCH3 is 2. The molecule has 0 unspecified atom stereocenters. The highest BCUT2D eigenvalue weighted by Gasteiger charge is 2.26. The van der Waals surface area contributed by atoms with Gasteiger partial charge in [-0.05, 0) is 23.3 Å². The van der Waals surface area contributed by atoms with Crippen LogP contribution in [0, 0.1) is 11.5 Å². The zero-order chi connectivity index (χ0) is 16.9. The maximum absolute atomic E-state index is 8.71. The number of nitrogens with zero attached hydrogens (tertiary/aromatic N) is 2. The van der Waals surface area contributed by atoms with Gasteiger partial charge in [-0.25, -0.2) is 0 Å². The molecule has 0 bridgehead atoms. The third kappa shape index (κ3) is 3.44. The first-order valence-corrected chi connectivity index (χ1v) is 7.81. The molecule has 2 aromatic carbocycles. The highest BCUT2D eigenvalue weighted by atomic mass is 16.5. The first-order valence-electron chi connectivity index (χ1n) is 7.81. The Morgan fingerprint density at radius 2 is 1.83 bits per heavy atom. The quantitative estimate of drug-likeness (QED) is 0.765. The van der Waals surface area contributed by atoms with Crippen molar-refractivity contribution < 1.29 is 14.2 Å². The van der Waals surface area contributed by atoms with Crippen LogP contribution in [0.25, 0.3) is 11.1 Å². The number of ether oxygens (including phenoxy) is 3. The average molecular weight is 324 g/mol. The molecule has 0 N–H and O–H groups in total. The van der Waals surface area contributed by atoms with E-state index in [1.165, 1.54) is 0 Å². The van der Waals surface area contributed by atoms with Crippen molar-refractivity contribution in [2.45, 2.75) is 12.7 Å². The van der Waals surface area contributed by atoms with Crippen LogP contribution in [0.4, 0.5) is 0 Å². The van der Waals surface area contributed by atoms with Crippen molar-refractivity contribution >= 4 is 0 Å². The predicted octanol–water partition coefficient (Wildman–Crippen LogP) is 3.05. The summed E-state index contributed by atoms with van der Waals surface area (Å²) in [6, 6.07) is 14.0. The minimum Gasteiger partial charge on any atom is -0.497 e. The van der Waals surface area contributed by atoms with Crippen molar-refractivity contribution in [3.8, 4) is 28.8 Å². The van der Waals surface area contributed by atoms with Crippen LogP contribution in [0.2, 0.25) is 0 Å². The van der Waals surface area contributed by atoms with Crippen LogP contribution in [0.3, 0.4) is 0 Å². The molecule has 1 aliphatic rings. The SMILES string of the molecule is COc1ccc(-c2ccc(COC3CN(C#N)C3)cc2)c(OC)c1. The third-order valence-corrected chi connectivity index (χ3v) is 4.15. The lowest BCUT2D eigenvalue weighted by atomic mass is 10.0. The van der Waals surface area contributed by atoms with Gasteiger partial charge in [0.15, 0.2) is 6.19 Å². The van der Waals surface area contributed by atoms with Gasteiger partial charge in [-0.3, -0.25) is 0 Å². The van der Waals surface area contributed by atoms with E-state index in [0.717, 1.165) is 28.2 Å². The summed E-state index contributed by atoms with van der Waals surface area (Å²) >= 11 is 0. The summed E-state index contributed by atoms with van der Waals surface area (Å²) in [7, 11) is 3.30. The van der Waals surface area contributed by atoms with Crippen molar-refractivity contribution in [2.24, 2.45) is 0 Å². The monoisotopic (exact) mass is 324 g/mol. The summed E-state index contributed by atoms with van der Waals surface area (Å²) in [6.07, 6.45) is 2.27. The lowest BCUT2D eigenvalue weighted by Crippen LogP contribution is -2.49. The van der Waals surface area contributed by atoms with E-state index < -0.39 is 0 Å². The molecule has 3 rings (SSSR count). The van der Waals surface area contributed by atoms with E-state index in [-0.39, 0.29) is 6.10 Å². The van der Waals surface area contributed by atoms with Gasteiger partial charge in [-0.15, -0.1) is 0 Å². The topological polar surface area (TPSA) is 54.7 Å². The Morgan fingerprint density at radius 3 is 2.46 bits per heavy atom. The van der Waals surface area contributed by atoms with Crippen LogP contribution in [0.15, 0.2) is 42.5 Å². The lowest BCUT2D eigenvalue weighted by Gasteiger charge is -2.34. The van der Waals surface area contributed by atoms with Gasteiger partial charge < -0.3 is 19.1 Å². The second-order valence-electron chi connectivity index (χ2n) is 5.70. The smallest absolute Gasteiger partial charge is 0.179 e. The zero-order valence-electron chi connectivity index (χ0n) is 13.9. The molecule has 5 nitrogen and oxygen atoms in total. The molecule has 1 saturated heterocycles. The third-order valence-electron chi connectivity index (χ3n) is 4.15. The van der Waals surface area contributed by atoms with Gasteiger partial charge >= 0.3 is 0 Å². The van der Waals surface area contributed by atoms with Gasteiger partial charge in [0, 0.05) is 11.6 Å². The van der Waals surface area contributed by atoms with E-state index in [9.17, 15) is 0 Å². The number of likely N-dealkylation sites (tertiary alicyclic amines) is 1. The molecule has 1 aliphatic heterocycles. The molecule has 1 heterocycles. The summed E-state index contributed by atoms with van der Waals surface area (Å²) in [5.41, 5.74) is 3.22. The molecule has 0 saturated carbocycles. The van der Waals surface area contributed by atoms with Gasteiger partial charge in [-0.1, -0.05) is 24.3 Å². The van der Waals surface area contributed by atoms with Gasteiger partial charge in [0.25, 0.3) is 0 Å². The number of hydrogen-bond donors (Lipinski definition) is 0. The Kier molecular flexibility index (Phi) is 4.88. The van der Waals surface area contributed by atoms with Crippen LogP contribution in [0.1, 0.15) is 5.56 Å². The van der Waals surface area contributed by atoms with E-state index in [4.69, 9.17) is 19.5 Å². The Labute approximate surface area is 142 Å². The fraction of sp³-hybridized carbons (Fsp3) is 0.316. The summed E-state index contributed by atoms with van der Waals surface area (Å²) in [6.45, 7) is 1.94. The molecule has 0 spiro atoms. The maximum atomic E-state index is 8.71. The van der Waals surface area contributed by atoms with Crippen molar-refractivity contribution in [2.75, 3.05) is 27.3 Å². The van der Waals surface area contributed by atoms with Crippen LogP contribution < -0.4 is 9.47 Å². The first kappa shape index (κ1) is 16.2. The Balaban J connectivity index is 1.65. The van der Waals surface area contributed by atoms with Crippen LogP contribution in [0.5, 0.6) is 11.5 Å². The number of benzene rings is 2. The van der Waals surface area contributed by atoms with Crippen LogP contribution >= 0.6 is 0 Å². The summed E-state index contributed by atoms with van der Waals surface area (Å²) in [5, 5.41) is 8.71. The van der Waals surface area contributed by atoms with E-state index in [1.54, 1.807) is 19.1 Å². The van der Waals surface area contributed by atoms with Gasteiger partial charge in [0.05, 0.1) is 40.0 Å². The van der Waals surface area contributed by atoms with E-state index >= 15 is 0 Å². The molecular weight excluding hydrogens is 304 g/mol. The summed E-state index contributed by atoms with van der Waals surface area (Å²) < 4.78 is 16.5. The average Bonchev–Trinajstić information content (AvgIpc) is 2.60. The van der Waals surface area contributed by atoms with E-state index in [0.29, 0.717) is 19.7 Å². The molecule has 124 valence electrons. The van der Waals surface area contributed by atoms with Crippen molar-refractivity contribution in [1.29, 1.82) is 5.26 Å². The molecule has 0 amide bonds. The minimum absolute atomic E-state index is 0.158. The highest BCUT2D eigenvalue weighted by molar-refractivity contribution is 5.71. The fourth-order valence-corrected chi connectivity index (χ4v) is 2.66. The highest BCUT2D eigenvalue weighted by Crippen LogP contribution is 2.33. The van der Waals surface area contributed by atoms with Crippen molar-refractivity contribution in [1.82, 2.24) is 4.90 Å². The Hall–Kier alpha value is -2.71. The largest absolute Gasteiger partial charge is 0.497 e. The molecule has 0 atom stereocenters. The maximum Gasteiger partial charge on any atom is 0.179 e. The molecule has 24 heavy (non-hydrogen) atoms. The predicted molar refractivity (Wildman–Crippen MR) is 90.7 cm³/mol. The second kappa shape index (κ2) is 7.24. The van der Waals surface area contributed by atoms with Crippen molar-refractivity contribution in [3.63, 3.8) is 0 Å². The normalized spacial score (nSPS) is 14.0. The van der Waals surface area contributed by atoms with E-state index in [2.05, 4.69) is 30.5 Å². The molecule has 1 fully saturated rings. The van der Waals surface area contributed by atoms with Gasteiger partial charge in [-0.2, -0.15) is 5.26 Å².